The molecule has 0 saturated carbocycles. The molecule has 4 nitrogen and oxygen atoms in total. The van der Waals surface area contributed by atoms with Gasteiger partial charge in [-0.15, -0.1) is 0 Å². The lowest BCUT2D eigenvalue weighted by molar-refractivity contribution is 0.582. The summed E-state index contributed by atoms with van der Waals surface area (Å²) in [6.07, 6.45) is 3.43. The molecule has 0 atom stereocenters. The van der Waals surface area contributed by atoms with Crippen LogP contribution in [0.25, 0.3) is 33.9 Å². The summed E-state index contributed by atoms with van der Waals surface area (Å²) in [4.78, 5) is 12.2. The Morgan fingerprint density at radius 1 is 1.00 bits per heavy atom. The first-order chi connectivity index (χ1) is 9.90. The van der Waals surface area contributed by atoms with E-state index in [0.717, 1.165) is 33.9 Å². The van der Waals surface area contributed by atoms with Gasteiger partial charge >= 0.3 is 0 Å². The highest BCUT2D eigenvalue weighted by atomic mass is 16.3. The van der Waals surface area contributed by atoms with Crippen LogP contribution in [0.15, 0.2) is 65.4 Å². The summed E-state index contributed by atoms with van der Waals surface area (Å²) >= 11 is 0. The minimum atomic E-state index is 0.775. The number of fused-ring (bicyclic) bond motifs is 1. The molecule has 0 radical (unpaired) electrons. The molecule has 0 aliphatic carbocycles. The van der Waals surface area contributed by atoms with Crippen molar-refractivity contribution in [2.75, 3.05) is 0 Å². The van der Waals surface area contributed by atoms with Gasteiger partial charge in [-0.1, -0.05) is 6.07 Å². The first-order valence-electron chi connectivity index (χ1n) is 6.35. The maximum Gasteiger partial charge on any atom is 0.157 e. The summed E-state index contributed by atoms with van der Waals surface area (Å²) in [6, 6.07) is 15.6. The number of hydrogen-bond donors (Lipinski definition) is 1. The zero-order valence-corrected chi connectivity index (χ0v) is 10.6. The molecule has 0 aliphatic heterocycles. The van der Waals surface area contributed by atoms with E-state index in [1.807, 2.05) is 48.5 Å². The van der Waals surface area contributed by atoms with Gasteiger partial charge in [-0.05, 0) is 42.5 Å². The summed E-state index contributed by atoms with van der Waals surface area (Å²) in [5.41, 5.74) is 3.75. The van der Waals surface area contributed by atoms with Gasteiger partial charge in [0.25, 0.3) is 0 Å². The molecule has 96 valence electrons. The molecule has 0 amide bonds. The van der Waals surface area contributed by atoms with Crippen LogP contribution in [-0.2, 0) is 0 Å². The van der Waals surface area contributed by atoms with Crippen LogP contribution in [0.5, 0.6) is 0 Å². The van der Waals surface area contributed by atoms with Gasteiger partial charge in [0.2, 0.25) is 0 Å². The number of imidazole rings is 1. The number of nitrogens with zero attached hydrogens (tertiary/aromatic N) is 2. The van der Waals surface area contributed by atoms with Crippen molar-refractivity contribution in [2.45, 2.75) is 0 Å². The zero-order chi connectivity index (χ0) is 13.4. The number of nitrogens with one attached hydrogen (secondary N) is 1. The summed E-state index contributed by atoms with van der Waals surface area (Å²) in [5.74, 6) is 1.62. The molecule has 1 aromatic carbocycles. The maximum absolute atomic E-state index is 5.41. The van der Waals surface area contributed by atoms with E-state index in [4.69, 9.17) is 4.42 Å². The van der Waals surface area contributed by atoms with E-state index in [1.54, 1.807) is 12.5 Å². The largest absolute Gasteiger partial charge is 0.464 e. The SMILES string of the molecule is c1ccc(-c2nc3ccc(-c4ccco4)cc3[nH]2)nc1. The van der Waals surface area contributed by atoms with E-state index in [-0.39, 0.29) is 0 Å². The van der Waals surface area contributed by atoms with Crippen molar-refractivity contribution in [1.82, 2.24) is 15.0 Å². The first-order valence-corrected chi connectivity index (χ1v) is 6.35. The molecular formula is C16H11N3O. The number of hydrogen-bond acceptors (Lipinski definition) is 3. The number of pyridine rings is 1. The second-order valence-electron chi connectivity index (χ2n) is 4.51. The van der Waals surface area contributed by atoms with Gasteiger partial charge in [-0.3, -0.25) is 4.98 Å². The highest BCUT2D eigenvalue weighted by molar-refractivity contribution is 5.83. The highest BCUT2D eigenvalue weighted by Crippen LogP contribution is 2.25. The Hall–Kier alpha value is -2.88. The Balaban J connectivity index is 1.84. The van der Waals surface area contributed by atoms with Crippen molar-refractivity contribution < 1.29 is 4.42 Å². The van der Waals surface area contributed by atoms with Gasteiger partial charge < -0.3 is 9.40 Å². The van der Waals surface area contributed by atoms with Crippen LogP contribution in [0.4, 0.5) is 0 Å². The molecule has 1 N–H and O–H groups in total. The quantitative estimate of drug-likeness (QED) is 0.595. The van der Waals surface area contributed by atoms with Gasteiger partial charge in [0.05, 0.1) is 17.3 Å². The Morgan fingerprint density at radius 3 is 2.80 bits per heavy atom. The second kappa shape index (κ2) is 4.35. The first kappa shape index (κ1) is 11.0. The minimum Gasteiger partial charge on any atom is -0.464 e. The fourth-order valence-electron chi connectivity index (χ4n) is 2.23. The molecule has 0 spiro atoms. The van der Waals surface area contributed by atoms with Crippen molar-refractivity contribution in [3.63, 3.8) is 0 Å². The van der Waals surface area contributed by atoms with Crippen LogP contribution in [0.1, 0.15) is 0 Å². The number of rotatable bonds is 2. The molecule has 3 aromatic heterocycles. The molecule has 0 fully saturated rings. The van der Waals surface area contributed by atoms with Crippen LogP contribution in [0.2, 0.25) is 0 Å². The lowest BCUT2D eigenvalue weighted by Gasteiger charge is -1.95. The molecule has 3 heterocycles. The average molecular weight is 261 g/mol. The van der Waals surface area contributed by atoms with Gasteiger partial charge in [0.15, 0.2) is 5.82 Å². The van der Waals surface area contributed by atoms with Gasteiger partial charge in [0.1, 0.15) is 11.5 Å². The fraction of sp³-hybridized carbons (Fsp3) is 0. The van der Waals surface area contributed by atoms with E-state index in [1.165, 1.54) is 0 Å². The summed E-state index contributed by atoms with van der Waals surface area (Å²) in [7, 11) is 0. The summed E-state index contributed by atoms with van der Waals surface area (Å²) < 4.78 is 5.41. The zero-order valence-electron chi connectivity index (χ0n) is 10.6. The summed E-state index contributed by atoms with van der Waals surface area (Å²) in [5, 5.41) is 0. The van der Waals surface area contributed by atoms with E-state index >= 15 is 0 Å². The number of H-pyrrole nitrogens is 1. The van der Waals surface area contributed by atoms with Gasteiger partial charge in [0, 0.05) is 11.8 Å². The van der Waals surface area contributed by atoms with Crippen LogP contribution in [0.3, 0.4) is 0 Å². The van der Waals surface area contributed by atoms with E-state index in [2.05, 4.69) is 15.0 Å². The number of aromatic amines is 1. The molecule has 4 rings (SSSR count). The molecule has 20 heavy (non-hydrogen) atoms. The Morgan fingerprint density at radius 2 is 2.00 bits per heavy atom. The van der Waals surface area contributed by atoms with E-state index in [9.17, 15) is 0 Å². The Kier molecular flexibility index (Phi) is 2.39. The molecule has 0 bridgehead atoms. The Labute approximate surface area is 115 Å². The van der Waals surface area contributed by atoms with Crippen LogP contribution in [0, 0.1) is 0 Å². The highest BCUT2D eigenvalue weighted by Gasteiger charge is 2.08. The molecule has 0 aliphatic rings. The van der Waals surface area contributed by atoms with Crippen molar-refractivity contribution in [3.8, 4) is 22.8 Å². The molecule has 4 heteroatoms. The average Bonchev–Trinajstić information content (AvgIpc) is 3.16. The predicted octanol–water partition coefficient (Wildman–Crippen LogP) is 3.88. The lowest BCUT2D eigenvalue weighted by Crippen LogP contribution is -1.82. The monoisotopic (exact) mass is 261 g/mol. The molecule has 0 unspecified atom stereocenters. The Bertz CT molecular complexity index is 848. The normalized spacial score (nSPS) is 11.0. The maximum atomic E-state index is 5.41. The van der Waals surface area contributed by atoms with Crippen molar-refractivity contribution in [3.05, 3.63) is 61.0 Å². The summed E-state index contributed by atoms with van der Waals surface area (Å²) in [6.45, 7) is 0. The third-order valence-corrected chi connectivity index (χ3v) is 3.20. The van der Waals surface area contributed by atoms with Crippen molar-refractivity contribution >= 4 is 11.0 Å². The van der Waals surface area contributed by atoms with Gasteiger partial charge in [-0.2, -0.15) is 0 Å². The van der Waals surface area contributed by atoms with Crippen LogP contribution < -0.4 is 0 Å². The van der Waals surface area contributed by atoms with Crippen LogP contribution >= 0.6 is 0 Å². The lowest BCUT2D eigenvalue weighted by atomic mass is 10.1. The second-order valence-corrected chi connectivity index (χ2v) is 4.51. The topological polar surface area (TPSA) is 54.7 Å². The minimum absolute atomic E-state index is 0.775. The third-order valence-electron chi connectivity index (χ3n) is 3.20. The van der Waals surface area contributed by atoms with E-state index in [0.29, 0.717) is 0 Å². The van der Waals surface area contributed by atoms with Crippen molar-refractivity contribution in [2.24, 2.45) is 0 Å². The number of benzene rings is 1. The predicted molar refractivity (Wildman–Crippen MR) is 77.0 cm³/mol. The van der Waals surface area contributed by atoms with Gasteiger partial charge in [-0.25, -0.2) is 4.98 Å². The molecule has 0 saturated heterocycles. The third kappa shape index (κ3) is 1.78. The fourth-order valence-corrected chi connectivity index (χ4v) is 2.23. The molecular weight excluding hydrogens is 250 g/mol. The van der Waals surface area contributed by atoms with Crippen molar-refractivity contribution in [1.29, 1.82) is 0 Å². The smallest absolute Gasteiger partial charge is 0.157 e. The number of furan rings is 1. The molecule has 4 aromatic rings. The standard InChI is InChI=1S/C16H11N3O/c1-2-8-17-13(4-1)16-18-12-7-6-11(10-14(12)19-16)15-5-3-9-20-15/h1-10H,(H,18,19). The van der Waals surface area contributed by atoms with E-state index < -0.39 is 0 Å². The van der Waals surface area contributed by atoms with Crippen LogP contribution in [-0.4, -0.2) is 15.0 Å². The number of aromatic nitrogens is 3.